The molecule has 3 heterocycles. The van der Waals surface area contributed by atoms with Crippen LogP contribution in [0, 0.1) is 11.7 Å². The Bertz CT molecular complexity index is 1120. The van der Waals surface area contributed by atoms with E-state index in [4.69, 9.17) is 0 Å². The number of hydrogen-bond acceptors (Lipinski definition) is 4. The fourth-order valence-corrected chi connectivity index (χ4v) is 7.67. The van der Waals surface area contributed by atoms with Gasteiger partial charge in [0.25, 0.3) is 0 Å². The highest BCUT2D eigenvalue weighted by atomic mass is 32.2. The monoisotopic (exact) mass is 460 g/mol. The second-order valence-electron chi connectivity index (χ2n) is 9.48. The average Bonchev–Trinajstić information content (AvgIpc) is 3.05. The Morgan fingerprint density at radius 1 is 1.03 bits per heavy atom. The minimum Gasteiger partial charge on any atom is -0.393 e. The van der Waals surface area contributed by atoms with Crippen LogP contribution in [-0.2, 0) is 14.8 Å². The number of halogens is 1. The first-order valence-corrected chi connectivity index (χ1v) is 12.9. The van der Waals surface area contributed by atoms with Gasteiger partial charge < -0.3 is 10.0 Å². The van der Waals surface area contributed by atoms with Crippen molar-refractivity contribution in [2.45, 2.75) is 68.0 Å². The van der Waals surface area contributed by atoms with E-state index in [1.807, 2.05) is 4.90 Å². The minimum atomic E-state index is -3.81. The highest BCUT2D eigenvalue weighted by Crippen LogP contribution is 2.37. The molecular formula is C24H29FN2O4S. The van der Waals surface area contributed by atoms with Crippen molar-refractivity contribution in [3.63, 3.8) is 0 Å². The first-order valence-electron chi connectivity index (χ1n) is 11.5. The number of benzene rings is 2. The van der Waals surface area contributed by atoms with E-state index in [1.165, 1.54) is 16.4 Å². The Morgan fingerprint density at radius 3 is 2.44 bits per heavy atom. The number of carbonyl (C=O) groups excluding carboxylic acids is 1. The molecule has 3 aliphatic heterocycles. The SMILES string of the molecule is O=C(C[C@H]1CCCN(S(=O)(=O)c2ccc(F)c3ccccc23)C1)N1C2CCC1CC(O)C2. The molecule has 8 heteroatoms. The fourth-order valence-electron chi connectivity index (χ4n) is 5.92. The van der Waals surface area contributed by atoms with E-state index in [0.717, 1.165) is 19.3 Å². The number of aliphatic hydroxyl groups is 1. The maximum atomic E-state index is 14.2. The predicted molar refractivity (Wildman–Crippen MR) is 119 cm³/mol. The molecule has 0 aliphatic carbocycles. The molecule has 172 valence electrons. The van der Waals surface area contributed by atoms with Gasteiger partial charge in [0.1, 0.15) is 5.82 Å². The summed E-state index contributed by atoms with van der Waals surface area (Å²) in [6.07, 6.45) is 4.69. The van der Waals surface area contributed by atoms with Gasteiger partial charge in [-0.25, -0.2) is 12.8 Å². The van der Waals surface area contributed by atoms with E-state index in [-0.39, 0.29) is 34.9 Å². The normalized spacial score (nSPS) is 28.9. The molecule has 0 aromatic heterocycles. The largest absolute Gasteiger partial charge is 0.393 e. The highest BCUT2D eigenvalue weighted by molar-refractivity contribution is 7.89. The number of rotatable bonds is 4. The maximum Gasteiger partial charge on any atom is 0.243 e. The van der Waals surface area contributed by atoms with E-state index in [2.05, 4.69) is 0 Å². The van der Waals surface area contributed by atoms with Crippen molar-refractivity contribution in [3.05, 3.63) is 42.2 Å². The van der Waals surface area contributed by atoms with Crippen molar-refractivity contribution in [3.8, 4) is 0 Å². The summed E-state index contributed by atoms with van der Waals surface area (Å²) in [4.78, 5) is 15.2. The molecule has 0 radical (unpaired) electrons. The molecule has 2 aromatic carbocycles. The van der Waals surface area contributed by atoms with Crippen LogP contribution in [0.1, 0.15) is 44.9 Å². The molecule has 1 N–H and O–H groups in total. The smallest absolute Gasteiger partial charge is 0.243 e. The number of carbonyl (C=O) groups is 1. The first kappa shape index (κ1) is 21.8. The number of aliphatic hydroxyl groups excluding tert-OH is 1. The summed E-state index contributed by atoms with van der Waals surface area (Å²) in [7, 11) is -3.81. The van der Waals surface area contributed by atoms with Crippen molar-refractivity contribution >= 4 is 26.7 Å². The van der Waals surface area contributed by atoms with Crippen LogP contribution in [0.25, 0.3) is 10.8 Å². The molecule has 3 saturated heterocycles. The lowest BCUT2D eigenvalue weighted by molar-refractivity contribution is -0.138. The molecule has 0 spiro atoms. The molecule has 0 saturated carbocycles. The molecule has 3 atom stereocenters. The summed E-state index contributed by atoms with van der Waals surface area (Å²) in [5, 5.41) is 10.7. The van der Waals surface area contributed by atoms with Crippen LogP contribution in [-0.4, -0.2) is 59.9 Å². The van der Waals surface area contributed by atoms with Crippen molar-refractivity contribution in [1.29, 1.82) is 0 Å². The van der Waals surface area contributed by atoms with Crippen LogP contribution in [0.5, 0.6) is 0 Å². The van der Waals surface area contributed by atoms with Gasteiger partial charge in [-0.05, 0) is 56.6 Å². The third kappa shape index (κ3) is 3.82. The van der Waals surface area contributed by atoms with Gasteiger partial charge in [-0.2, -0.15) is 4.31 Å². The van der Waals surface area contributed by atoms with Crippen LogP contribution in [0.2, 0.25) is 0 Å². The zero-order valence-corrected chi connectivity index (χ0v) is 18.8. The van der Waals surface area contributed by atoms with Gasteiger partial charge >= 0.3 is 0 Å². The van der Waals surface area contributed by atoms with Gasteiger partial charge in [0.2, 0.25) is 15.9 Å². The van der Waals surface area contributed by atoms with Gasteiger partial charge in [0, 0.05) is 42.4 Å². The van der Waals surface area contributed by atoms with E-state index >= 15 is 0 Å². The van der Waals surface area contributed by atoms with Crippen LogP contribution < -0.4 is 0 Å². The van der Waals surface area contributed by atoms with Crippen molar-refractivity contribution in [2.24, 2.45) is 5.92 Å². The summed E-state index contributed by atoms with van der Waals surface area (Å²) in [5.41, 5.74) is 0. The van der Waals surface area contributed by atoms with Gasteiger partial charge in [-0.15, -0.1) is 0 Å². The molecule has 2 unspecified atom stereocenters. The van der Waals surface area contributed by atoms with Gasteiger partial charge in [0.15, 0.2) is 0 Å². The van der Waals surface area contributed by atoms with Gasteiger partial charge in [0.05, 0.1) is 11.0 Å². The quantitative estimate of drug-likeness (QED) is 0.760. The third-order valence-electron chi connectivity index (χ3n) is 7.39. The van der Waals surface area contributed by atoms with E-state index < -0.39 is 15.8 Å². The molecule has 2 bridgehead atoms. The van der Waals surface area contributed by atoms with Crippen LogP contribution >= 0.6 is 0 Å². The van der Waals surface area contributed by atoms with Crippen molar-refractivity contribution in [1.82, 2.24) is 9.21 Å². The van der Waals surface area contributed by atoms with Crippen LogP contribution in [0.3, 0.4) is 0 Å². The van der Waals surface area contributed by atoms with Gasteiger partial charge in [-0.3, -0.25) is 4.79 Å². The predicted octanol–water partition coefficient (Wildman–Crippen LogP) is 3.28. The minimum absolute atomic E-state index is 0.0380. The van der Waals surface area contributed by atoms with Crippen molar-refractivity contribution in [2.75, 3.05) is 13.1 Å². The third-order valence-corrected chi connectivity index (χ3v) is 9.31. The van der Waals surface area contributed by atoms with Gasteiger partial charge in [-0.1, -0.05) is 24.3 Å². The molecule has 5 rings (SSSR count). The highest BCUT2D eigenvalue weighted by Gasteiger charge is 2.43. The van der Waals surface area contributed by atoms with E-state index in [0.29, 0.717) is 49.5 Å². The van der Waals surface area contributed by atoms with Crippen molar-refractivity contribution < 1.29 is 22.7 Å². The lowest BCUT2D eigenvalue weighted by Crippen LogP contribution is -2.49. The Balaban J connectivity index is 1.33. The van der Waals surface area contributed by atoms with Crippen LogP contribution in [0.15, 0.2) is 41.3 Å². The number of hydrogen-bond donors (Lipinski definition) is 1. The first-order chi connectivity index (χ1) is 15.3. The lowest BCUT2D eigenvalue weighted by atomic mass is 9.93. The molecule has 3 fully saturated rings. The standard InChI is InChI=1S/C24H29FN2O4S/c25-22-9-10-23(21-6-2-1-5-20(21)22)32(30,31)26-11-3-4-16(15-26)12-24(29)27-17-7-8-18(27)14-19(28)13-17/h1-2,5-6,9-10,16-19,28H,3-4,7-8,11-15H2/t16-,17?,18?,19?/m1/s1. The number of piperidine rings is 2. The molecule has 1 amide bonds. The summed E-state index contributed by atoms with van der Waals surface area (Å²) >= 11 is 0. The second kappa shape index (κ2) is 8.39. The zero-order valence-electron chi connectivity index (χ0n) is 18.0. The average molecular weight is 461 g/mol. The number of sulfonamides is 1. The molecule has 2 aromatic rings. The second-order valence-corrected chi connectivity index (χ2v) is 11.4. The van der Waals surface area contributed by atoms with Crippen LogP contribution in [0.4, 0.5) is 4.39 Å². The number of nitrogens with zero attached hydrogens (tertiary/aromatic N) is 2. The Hall–Kier alpha value is -2.03. The maximum absolute atomic E-state index is 14.2. The Labute approximate surface area is 188 Å². The number of fused-ring (bicyclic) bond motifs is 3. The summed E-state index contributed by atoms with van der Waals surface area (Å²) in [6.45, 7) is 0.700. The topological polar surface area (TPSA) is 77.9 Å². The summed E-state index contributed by atoms with van der Waals surface area (Å²) in [5.74, 6) is -0.396. The molecule has 3 aliphatic rings. The summed E-state index contributed by atoms with van der Waals surface area (Å²) < 4.78 is 42.6. The van der Waals surface area contributed by atoms with E-state index in [9.17, 15) is 22.7 Å². The molecule has 6 nitrogen and oxygen atoms in total. The summed E-state index contributed by atoms with van der Waals surface area (Å²) in [6, 6.07) is 9.41. The fraction of sp³-hybridized carbons (Fsp3) is 0.542. The number of amides is 1. The van der Waals surface area contributed by atoms with E-state index in [1.54, 1.807) is 24.3 Å². The molecule has 32 heavy (non-hydrogen) atoms. The molecular weight excluding hydrogens is 431 g/mol. The lowest BCUT2D eigenvalue weighted by Gasteiger charge is -2.39. The Morgan fingerprint density at radius 2 is 1.72 bits per heavy atom. The Kier molecular flexibility index (Phi) is 5.72. The zero-order chi connectivity index (χ0) is 22.5.